The molecule has 4 aromatic rings. The molecule has 0 bridgehead atoms. The van der Waals surface area contributed by atoms with Crippen LogP contribution in [0.15, 0.2) is 54.7 Å². The normalized spacial score (nSPS) is 11.6. The zero-order chi connectivity index (χ0) is 23.9. The quantitative estimate of drug-likeness (QED) is 0.290. The fraction of sp³-hybridized carbons (Fsp3) is 0.130. The lowest BCUT2D eigenvalue weighted by molar-refractivity contribution is 0.0128. The van der Waals surface area contributed by atoms with Crippen molar-refractivity contribution in [3.8, 4) is 11.1 Å². The summed E-state index contributed by atoms with van der Waals surface area (Å²) < 4.78 is 43.0. The van der Waals surface area contributed by atoms with Crippen molar-refractivity contribution in [2.45, 2.75) is 12.8 Å². The fourth-order valence-electron chi connectivity index (χ4n) is 3.51. The first-order valence-electron chi connectivity index (χ1n) is 9.75. The predicted octanol–water partition coefficient (Wildman–Crippen LogP) is 5.71. The molecular formula is C23H18ClF3N6. The lowest BCUT2D eigenvalue weighted by Gasteiger charge is -2.22. The molecule has 4 rings (SSSR count). The summed E-state index contributed by atoms with van der Waals surface area (Å²) in [5, 5.41) is 16.0. The molecule has 0 aliphatic rings. The maximum absolute atomic E-state index is 14.9. The summed E-state index contributed by atoms with van der Waals surface area (Å²) in [5.41, 5.74) is 1.60. The van der Waals surface area contributed by atoms with Crippen LogP contribution < -0.4 is 10.5 Å². The molecule has 0 saturated carbocycles. The Hall–Kier alpha value is -3.72. The Labute approximate surface area is 191 Å². The van der Waals surface area contributed by atoms with E-state index in [2.05, 4.69) is 9.97 Å². The number of halogens is 4. The molecule has 6 nitrogen and oxygen atoms in total. The van der Waals surface area contributed by atoms with E-state index in [0.29, 0.717) is 16.8 Å². The van der Waals surface area contributed by atoms with Crippen molar-refractivity contribution in [2.24, 2.45) is 0 Å². The monoisotopic (exact) mass is 470 g/mol. The molecule has 0 unspecified atom stereocenters. The van der Waals surface area contributed by atoms with Crippen molar-refractivity contribution in [3.05, 3.63) is 76.9 Å². The van der Waals surface area contributed by atoms with Crippen LogP contribution in [0.4, 0.5) is 24.7 Å². The Morgan fingerprint density at radius 2 is 1.88 bits per heavy atom. The zero-order valence-electron chi connectivity index (χ0n) is 17.6. The van der Waals surface area contributed by atoms with Gasteiger partial charge in [-0.05, 0) is 35.9 Å². The molecule has 2 heterocycles. The van der Waals surface area contributed by atoms with Gasteiger partial charge in [-0.2, -0.15) is 13.8 Å². The van der Waals surface area contributed by atoms with Gasteiger partial charge < -0.3 is 4.90 Å². The molecule has 0 saturated heterocycles. The number of rotatable bonds is 5. The first-order valence-corrected chi connectivity index (χ1v) is 10.1. The highest BCUT2D eigenvalue weighted by molar-refractivity contribution is 6.31. The van der Waals surface area contributed by atoms with Crippen LogP contribution in [0.5, 0.6) is 0 Å². The molecule has 2 aromatic heterocycles. The Bertz CT molecular complexity index is 1430. The molecule has 0 spiro atoms. The van der Waals surface area contributed by atoms with Gasteiger partial charge in [-0.15, -0.1) is 0 Å². The second-order valence-corrected chi connectivity index (χ2v) is 7.91. The van der Waals surface area contributed by atoms with Crippen LogP contribution in [0.3, 0.4) is 0 Å². The van der Waals surface area contributed by atoms with Gasteiger partial charge in [0.2, 0.25) is 5.62 Å². The minimum Gasteiger partial charge on any atom is -0.329 e. The van der Waals surface area contributed by atoms with Crippen molar-refractivity contribution >= 4 is 40.3 Å². The van der Waals surface area contributed by atoms with Crippen LogP contribution in [0.1, 0.15) is 12.6 Å². The topological polar surface area (TPSA) is 81.7 Å². The Morgan fingerprint density at radius 3 is 2.52 bits per heavy atom. The fourth-order valence-corrected chi connectivity index (χ4v) is 3.71. The summed E-state index contributed by atoms with van der Waals surface area (Å²) in [4.78, 5) is 9.68. The van der Waals surface area contributed by atoms with E-state index in [1.807, 2.05) is 0 Å². The van der Waals surface area contributed by atoms with E-state index in [-0.39, 0.29) is 33.1 Å². The van der Waals surface area contributed by atoms with Crippen LogP contribution >= 0.6 is 11.6 Å². The number of alkyl halides is 2. The van der Waals surface area contributed by atoms with Gasteiger partial charge in [0.1, 0.15) is 17.3 Å². The van der Waals surface area contributed by atoms with Crippen LogP contribution in [-0.2, 0) is 5.92 Å². The van der Waals surface area contributed by atoms with E-state index >= 15 is 0 Å². The lowest BCUT2D eigenvalue weighted by Crippen LogP contribution is -2.27. The number of nitrogens with one attached hydrogen (secondary N) is 2. The van der Waals surface area contributed by atoms with Crippen molar-refractivity contribution in [1.82, 2.24) is 14.5 Å². The number of aromatic nitrogens is 3. The minimum absolute atomic E-state index is 0.1000. The molecule has 0 aliphatic carbocycles. The molecular weight excluding hydrogens is 453 g/mol. The van der Waals surface area contributed by atoms with Crippen LogP contribution in [-0.4, -0.2) is 27.9 Å². The summed E-state index contributed by atoms with van der Waals surface area (Å²) >= 11 is 6.01. The highest BCUT2D eigenvalue weighted by Gasteiger charge is 2.25. The minimum atomic E-state index is -3.03. The largest absolute Gasteiger partial charge is 0.329 e. The van der Waals surface area contributed by atoms with Crippen molar-refractivity contribution in [1.29, 1.82) is 10.8 Å². The average Bonchev–Trinajstić information content (AvgIpc) is 2.77. The summed E-state index contributed by atoms with van der Waals surface area (Å²) in [6.45, 7) is 0.789. The van der Waals surface area contributed by atoms with E-state index in [9.17, 15) is 13.2 Å². The number of nitrogens with zero attached hydrogens (tertiary/aromatic N) is 4. The van der Waals surface area contributed by atoms with Gasteiger partial charge in [-0.1, -0.05) is 29.8 Å². The maximum atomic E-state index is 14.9. The third-order valence-electron chi connectivity index (χ3n) is 5.18. The number of hydrogen-bond donors (Lipinski definition) is 2. The zero-order valence-corrected chi connectivity index (χ0v) is 18.3. The summed E-state index contributed by atoms with van der Waals surface area (Å²) in [7, 11) is 1.67. The first-order chi connectivity index (χ1) is 15.6. The van der Waals surface area contributed by atoms with Crippen LogP contribution in [0.25, 0.3) is 22.0 Å². The second-order valence-electron chi connectivity index (χ2n) is 7.47. The number of hydrogen-bond acceptors (Lipinski definition) is 5. The Balaban J connectivity index is 1.82. The molecule has 0 fully saturated rings. The smallest absolute Gasteiger partial charge is 0.286 e. The summed E-state index contributed by atoms with van der Waals surface area (Å²) in [6.07, 6.45) is 2.24. The van der Waals surface area contributed by atoms with Crippen molar-refractivity contribution in [3.63, 3.8) is 0 Å². The van der Waals surface area contributed by atoms with Gasteiger partial charge in [-0.25, -0.2) is 4.39 Å². The highest BCUT2D eigenvalue weighted by atomic mass is 35.5. The van der Waals surface area contributed by atoms with Gasteiger partial charge >= 0.3 is 0 Å². The van der Waals surface area contributed by atoms with Crippen LogP contribution in [0.2, 0.25) is 5.02 Å². The number of fused-ring (bicyclic) bond motifs is 1. The molecule has 0 amide bonds. The number of pyridine rings is 1. The van der Waals surface area contributed by atoms with Crippen molar-refractivity contribution < 1.29 is 13.2 Å². The molecule has 2 aromatic carbocycles. The molecule has 0 atom stereocenters. The van der Waals surface area contributed by atoms with Gasteiger partial charge in [0.25, 0.3) is 5.92 Å². The van der Waals surface area contributed by atoms with Crippen molar-refractivity contribution in [2.75, 3.05) is 11.9 Å². The SMILES string of the molecule is CN(c1cccc(-c2ccc(C(C)(F)F)nc2)c1)c1nc(=N)n(C=N)c2cc(Cl)cc(F)c12. The van der Waals surface area contributed by atoms with Gasteiger partial charge in [0.15, 0.2) is 0 Å². The standard InChI is InChI=1S/C23H18ClF3N6/c1-23(26,27)19-7-6-14(11-30-19)13-4-3-5-16(8-13)32(2)21-20-17(25)9-15(24)10-18(20)33(12-28)22(29)31-21/h3-12,28-29H,1-2H3. The van der Waals surface area contributed by atoms with E-state index in [0.717, 1.165) is 23.9 Å². The van der Waals surface area contributed by atoms with Gasteiger partial charge in [0, 0.05) is 36.4 Å². The van der Waals surface area contributed by atoms with E-state index in [1.165, 1.54) is 18.3 Å². The van der Waals surface area contributed by atoms with E-state index in [4.69, 9.17) is 22.4 Å². The molecule has 2 N–H and O–H groups in total. The molecule has 168 valence electrons. The van der Waals surface area contributed by atoms with Gasteiger partial charge in [-0.3, -0.25) is 20.4 Å². The summed E-state index contributed by atoms with van der Waals surface area (Å²) in [6, 6.07) is 12.6. The lowest BCUT2D eigenvalue weighted by atomic mass is 10.1. The Kier molecular flexibility index (Phi) is 5.67. The predicted molar refractivity (Wildman–Crippen MR) is 122 cm³/mol. The number of benzene rings is 2. The van der Waals surface area contributed by atoms with E-state index in [1.54, 1.807) is 42.3 Å². The van der Waals surface area contributed by atoms with Crippen LogP contribution in [0, 0.1) is 16.6 Å². The van der Waals surface area contributed by atoms with Gasteiger partial charge in [0.05, 0.1) is 17.2 Å². The Morgan fingerprint density at radius 1 is 1.12 bits per heavy atom. The second kappa shape index (κ2) is 8.32. The number of anilines is 2. The van der Waals surface area contributed by atoms with E-state index < -0.39 is 11.7 Å². The third kappa shape index (κ3) is 4.19. The molecule has 33 heavy (non-hydrogen) atoms. The summed E-state index contributed by atoms with van der Waals surface area (Å²) in [5.74, 6) is -3.51. The maximum Gasteiger partial charge on any atom is 0.286 e. The molecule has 0 aliphatic heterocycles. The molecule has 10 heteroatoms. The highest BCUT2D eigenvalue weighted by Crippen LogP contribution is 2.34. The first kappa shape index (κ1) is 22.5. The third-order valence-corrected chi connectivity index (χ3v) is 5.40. The molecule has 0 radical (unpaired) electrons. The average molecular weight is 471 g/mol.